The van der Waals surface area contributed by atoms with Gasteiger partial charge in [0.25, 0.3) is 0 Å². The highest BCUT2D eigenvalue weighted by atomic mass is 16.4. The van der Waals surface area contributed by atoms with Crippen molar-refractivity contribution < 1.29 is 19.8 Å². The lowest BCUT2D eigenvalue weighted by molar-refractivity contribution is -0.134. The van der Waals surface area contributed by atoms with Crippen LogP contribution in [0.2, 0.25) is 0 Å². The first-order valence-electron chi connectivity index (χ1n) is 14.6. The van der Waals surface area contributed by atoms with Gasteiger partial charge in [-0.15, -0.1) is 0 Å². The molecule has 9 nitrogen and oxygen atoms in total. The molecule has 226 valence electrons. The zero-order valence-corrected chi connectivity index (χ0v) is 25.2. The van der Waals surface area contributed by atoms with E-state index in [1.54, 1.807) is 0 Å². The molecule has 4 aromatic rings. The Morgan fingerprint density at radius 1 is 0.860 bits per heavy atom. The predicted octanol–water partition coefficient (Wildman–Crippen LogP) is 5.88. The molecule has 1 atom stereocenters. The van der Waals surface area contributed by atoms with Crippen LogP contribution in [0, 0.1) is 13.8 Å². The molecular weight excluding hydrogens is 544 g/mol. The number of hydrogen-bond donors (Lipinski definition) is 2. The lowest BCUT2D eigenvalue weighted by atomic mass is 10.0. The van der Waals surface area contributed by atoms with E-state index < -0.39 is 11.9 Å². The Kier molecular flexibility index (Phi) is 10.2. The van der Waals surface area contributed by atoms with Gasteiger partial charge in [0.15, 0.2) is 0 Å². The smallest absolute Gasteiger partial charge is 0.329 e. The Hall–Kier alpha value is -4.63. The molecule has 0 aliphatic carbocycles. The minimum Gasteiger partial charge on any atom is -0.478 e. The van der Waals surface area contributed by atoms with E-state index in [0.717, 1.165) is 43.4 Å². The first-order chi connectivity index (χ1) is 20.6. The average Bonchev–Trinajstić information content (AvgIpc) is 3.24. The quantitative estimate of drug-likeness (QED) is 0.249. The number of nitrogens with zero attached hydrogens (tertiary/aromatic N) is 4. The van der Waals surface area contributed by atoms with E-state index in [1.165, 1.54) is 22.5 Å². The summed E-state index contributed by atoms with van der Waals surface area (Å²) in [7, 11) is 1.90. The second-order valence-electron chi connectivity index (χ2n) is 10.8. The van der Waals surface area contributed by atoms with Crippen LogP contribution < -0.4 is 10.6 Å². The van der Waals surface area contributed by atoms with Gasteiger partial charge in [-0.05, 0) is 80.6 Å². The molecule has 43 heavy (non-hydrogen) atoms. The van der Waals surface area contributed by atoms with Gasteiger partial charge in [0.2, 0.25) is 0 Å². The monoisotopic (exact) mass is 584 g/mol. The SMILES string of the molecule is CCC(N1CCC(n2c(=O)n(C)c3cc(C)c(C)cc32)CC1)N(c1ccccc1)c1ccccc1.O=C(O)C=CC(=O)O. The number of rotatable bonds is 8. The largest absolute Gasteiger partial charge is 0.478 e. The Morgan fingerprint density at radius 3 is 1.77 bits per heavy atom. The van der Waals surface area contributed by atoms with Gasteiger partial charge in [-0.1, -0.05) is 43.3 Å². The van der Waals surface area contributed by atoms with E-state index in [-0.39, 0.29) is 17.9 Å². The fourth-order valence-electron chi connectivity index (χ4n) is 5.83. The summed E-state index contributed by atoms with van der Waals surface area (Å²) in [6.45, 7) is 8.45. The maximum absolute atomic E-state index is 13.3. The van der Waals surface area contributed by atoms with Gasteiger partial charge in [0, 0.05) is 49.7 Å². The zero-order valence-electron chi connectivity index (χ0n) is 25.2. The number of carboxylic acid groups (broad SMARTS) is 2. The summed E-state index contributed by atoms with van der Waals surface area (Å²) in [6.07, 6.45) is 4.33. The summed E-state index contributed by atoms with van der Waals surface area (Å²) in [4.78, 5) is 37.4. The van der Waals surface area contributed by atoms with E-state index >= 15 is 0 Å². The van der Waals surface area contributed by atoms with Crippen molar-refractivity contribution in [3.8, 4) is 0 Å². The number of piperidine rings is 1. The number of fused-ring (bicyclic) bond motifs is 1. The summed E-state index contributed by atoms with van der Waals surface area (Å²) in [5, 5.41) is 15.6. The number of benzene rings is 3. The van der Waals surface area contributed by atoms with Crippen molar-refractivity contribution in [2.75, 3.05) is 18.0 Å². The normalized spacial score (nSPS) is 14.8. The highest BCUT2D eigenvalue weighted by Crippen LogP contribution is 2.34. The van der Waals surface area contributed by atoms with E-state index in [4.69, 9.17) is 10.2 Å². The third-order valence-corrected chi connectivity index (χ3v) is 8.09. The van der Waals surface area contributed by atoms with E-state index in [9.17, 15) is 14.4 Å². The molecular formula is C34H40N4O5. The number of anilines is 2. The molecule has 3 aromatic carbocycles. The lowest BCUT2D eigenvalue weighted by Gasteiger charge is -2.44. The first-order valence-corrected chi connectivity index (χ1v) is 14.6. The molecule has 1 aliphatic rings. The molecule has 0 bridgehead atoms. The topological polar surface area (TPSA) is 108 Å². The molecule has 1 unspecified atom stereocenters. The van der Waals surface area contributed by atoms with Crippen molar-refractivity contribution in [2.45, 2.75) is 52.2 Å². The third-order valence-electron chi connectivity index (χ3n) is 8.09. The number of aromatic nitrogens is 2. The van der Waals surface area contributed by atoms with Crippen molar-refractivity contribution in [3.63, 3.8) is 0 Å². The lowest BCUT2D eigenvalue weighted by Crippen LogP contribution is -2.50. The molecule has 1 aliphatic heterocycles. The van der Waals surface area contributed by atoms with E-state index in [2.05, 4.69) is 108 Å². The van der Waals surface area contributed by atoms with Crippen LogP contribution in [0.25, 0.3) is 11.0 Å². The van der Waals surface area contributed by atoms with Crippen molar-refractivity contribution in [1.82, 2.24) is 14.0 Å². The summed E-state index contributed by atoms with van der Waals surface area (Å²) < 4.78 is 3.88. The Morgan fingerprint density at radius 2 is 1.33 bits per heavy atom. The van der Waals surface area contributed by atoms with Crippen molar-refractivity contribution >= 4 is 34.3 Å². The minimum absolute atomic E-state index is 0.102. The minimum atomic E-state index is -1.26. The first kappa shape index (κ1) is 31.3. The molecule has 1 fully saturated rings. The van der Waals surface area contributed by atoms with E-state index in [0.29, 0.717) is 12.2 Å². The summed E-state index contributed by atoms with van der Waals surface area (Å²) in [5.41, 5.74) is 7.10. The second-order valence-corrected chi connectivity index (χ2v) is 10.8. The van der Waals surface area contributed by atoms with Crippen LogP contribution in [0.5, 0.6) is 0 Å². The Labute approximate surface area is 251 Å². The standard InChI is InChI=1S/C30H36N4O.C4H4O4/c1-5-29(33(24-12-8-6-9-13-24)25-14-10-7-11-15-25)32-18-16-26(17-19-32)34-28-21-23(3)22(2)20-27(28)31(4)30(34)35;5-3(6)1-2-4(7)8/h6-15,20-21,26,29H,5,16-19H2,1-4H3;1-2H,(H,5,6)(H,7,8). The van der Waals surface area contributed by atoms with Crippen LogP contribution >= 0.6 is 0 Å². The highest BCUT2D eigenvalue weighted by Gasteiger charge is 2.31. The average molecular weight is 585 g/mol. The second kappa shape index (κ2) is 14.0. The molecule has 0 spiro atoms. The predicted molar refractivity (Wildman–Crippen MR) is 170 cm³/mol. The van der Waals surface area contributed by atoms with Crippen LogP contribution in [-0.2, 0) is 16.6 Å². The van der Waals surface area contributed by atoms with E-state index in [1.807, 2.05) is 11.6 Å². The molecule has 1 aromatic heterocycles. The van der Waals surface area contributed by atoms with Gasteiger partial charge in [0.1, 0.15) is 0 Å². The summed E-state index contributed by atoms with van der Waals surface area (Å²) in [6, 6.07) is 26.0. The highest BCUT2D eigenvalue weighted by molar-refractivity contribution is 5.89. The van der Waals surface area contributed by atoms with Crippen molar-refractivity contribution in [2.24, 2.45) is 7.05 Å². The number of imidazole rings is 1. The fraction of sp³-hybridized carbons (Fsp3) is 0.324. The number of likely N-dealkylation sites (tertiary alicyclic amines) is 1. The molecule has 2 heterocycles. The van der Waals surface area contributed by atoms with Gasteiger partial charge in [-0.3, -0.25) is 14.0 Å². The maximum atomic E-state index is 13.3. The number of carboxylic acids is 2. The number of carbonyl (C=O) groups is 2. The molecule has 0 amide bonds. The fourth-order valence-corrected chi connectivity index (χ4v) is 5.83. The molecule has 0 saturated carbocycles. The van der Waals surface area contributed by atoms with Gasteiger partial charge < -0.3 is 15.1 Å². The zero-order chi connectivity index (χ0) is 31.1. The van der Waals surface area contributed by atoms with Crippen LogP contribution in [0.1, 0.15) is 43.4 Å². The van der Waals surface area contributed by atoms with Crippen LogP contribution in [0.3, 0.4) is 0 Å². The number of para-hydroxylation sites is 2. The van der Waals surface area contributed by atoms with Gasteiger partial charge >= 0.3 is 17.6 Å². The van der Waals surface area contributed by atoms with Crippen molar-refractivity contribution in [3.05, 3.63) is 107 Å². The molecule has 9 heteroatoms. The third kappa shape index (κ3) is 7.24. The number of hydrogen-bond acceptors (Lipinski definition) is 5. The molecule has 2 N–H and O–H groups in total. The summed E-state index contributed by atoms with van der Waals surface area (Å²) >= 11 is 0. The number of aliphatic carboxylic acids is 2. The Balaban J connectivity index is 0.000000467. The number of aryl methyl sites for hydroxylation is 3. The molecule has 0 radical (unpaired) electrons. The summed E-state index contributed by atoms with van der Waals surface area (Å²) in [5.74, 6) is -2.51. The van der Waals surface area contributed by atoms with Gasteiger partial charge in [-0.2, -0.15) is 0 Å². The molecule has 1 saturated heterocycles. The maximum Gasteiger partial charge on any atom is 0.329 e. The van der Waals surface area contributed by atoms with Crippen LogP contribution in [0.15, 0.2) is 89.7 Å². The van der Waals surface area contributed by atoms with Crippen LogP contribution in [0.4, 0.5) is 11.4 Å². The van der Waals surface area contributed by atoms with Gasteiger partial charge in [-0.25, -0.2) is 14.4 Å². The van der Waals surface area contributed by atoms with Crippen LogP contribution in [-0.4, -0.2) is 55.4 Å². The van der Waals surface area contributed by atoms with Crippen molar-refractivity contribution in [1.29, 1.82) is 0 Å². The Bertz CT molecular complexity index is 1580. The van der Waals surface area contributed by atoms with Gasteiger partial charge in [0.05, 0.1) is 17.2 Å². The molecule has 5 rings (SSSR count).